The molecule has 25 heavy (non-hydrogen) atoms. The molecule has 3 nitrogen and oxygen atoms in total. The molecule has 3 aliphatic rings. The lowest BCUT2D eigenvalue weighted by atomic mass is 9.87. The van der Waals surface area contributed by atoms with Gasteiger partial charge >= 0.3 is 0 Å². The van der Waals surface area contributed by atoms with Gasteiger partial charge in [-0.25, -0.2) is 0 Å². The number of hydrogen-bond donors (Lipinski definition) is 0. The van der Waals surface area contributed by atoms with Crippen LogP contribution >= 0.6 is 0 Å². The normalized spacial score (nSPS) is 30.6. The molecule has 0 unspecified atom stereocenters. The summed E-state index contributed by atoms with van der Waals surface area (Å²) >= 11 is 0. The third-order valence-corrected chi connectivity index (χ3v) is 6.89. The summed E-state index contributed by atoms with van der Waals surface area (Å²) in [5, 5.41) is 0. The molecular weight excluding hydrogens is 308 g/mol. The van der Waals surface area contributed by atoms with Crippen LogP contribution in [0, 0.1) is 24.7 Å². The van der Waals surface area contributed by atoms with Crippen LogP contribution in [-0.2, 0) is 4.79 Å². The van der Waals surface area contributed by atoms with E-state index >= 15 is 0 Å². The van der Waals surface area contributed by atoms with Gasteiger partial charge in [0.05, 0.1) is 6.04 Å². The predicted octanol–water partition coefficient (Wildman–Crippen LogP) is 4.03. The predicted molar refractivity (Wildman–Crippen MR) is 101 cm³/mol. The van der Waals surface area contributed by atoms with E-state index in [0.717, 1.165) is 12.5 Å². The fourth-order valence-electron chi connectivity index (χ4n) is 5.66. The number of rotatable bonds is 3. The molecule has 2 saturated heterocycles. The second-order valence-corrected chi connectivity index (χ2v) is 8.62. The lowest BCUT2D eigenvalue weighted by Crippen LogP contribution is -2.36. The second kappa shape index (κ2) is 7.11. The van der Waals surface area contributed by atoms with E-state index in [1.54, 1.807) is 6.92 Å². The Kier molecular flexibility index (Phi) is 4.86. The Labute approximate surface area is 152 Å². The van der Waals surface area contributed by atoms with Gasteiger partial charge in [-0.2, -0.15) is 0 Å². The molecule has 1 aliphatic carbocycles. The number of fused-ring (bicyclic) bond motifs is 1. The molecule has 0 N–H and O–H groups in total. The minimum Gasteiger partial charge on any atom is -0.335 e. The minimum atomic E-state index is 0.237. The van der Waals surface area contributed by atoms with Crippen molar-refractivity contribution in [2.24, 2.45) is 17.8 Å². The molecule has 3 heteroatoms. The SMILES string of the molecule is CC(=O)N1C[C@H]2CN(CC3CCCCC3)C[C@H]2[C@@H]1c1ccccc1C. The van der Waals surface area contributed by atoms with Gasteiger partial charge in [0.25, 0.3) is 0 Å². The van der Waals surface area contributed by atoms with Gasteiger partial charge in [0.15, 0.2) is 0 Å². The average molecular weight is 341 g/mol. The highest BCUT2D eigenvalue weighted by molar-refractivity contribution is 5.74. The first-order valence-electron chi connectivity index (χ1n) is 10.2. The van der Waals surface area contributed by atoms with Crippen LogP contribution in [0.25, 0.3) is 0 Å². The van der Waals surface area contributed by atoms with Gasteiger partial charge in [-0.05, 0) is 42.7 Å². The zero-order valence-electron chi connectivity index (χ0n) is 15.8. The van der Waals surface area contributed by atoms with Gasteiger partial charge in [0.1, 0.15) is 0 Å². The maximum absolute atomic E-state index is 12.3. The summed E-state index contributed by atoms with van der Waals surface area (Å²) in [4.78, 5) is 17.1. The van der Waals surface area contributed by atoms with Crippen LogP contribution in [0.4, 0.5) is 0 Å². The second-order valence-electron chi connectivity index (χ2n) is 8.62. The molecule has 4 rings (SSSR count). The molecule has 0 radical (unpaired) electrons. The Hall–Kier alpha value is -1.35. The van der Waals surface area contributed by atoms with Gasteiger partial charge in [-0.1, -0.05) is 43.5 Å². The third-order valence-electron chi connectivity index (χ3n) is 6.89. The van der Waals surface area contributed by atoms with Crippen LogP contribution in [0.2, 0.25) is 0 Å². The number of carbonyl (C=O) groups excluding carboxylic acids is 1. The van der Waals surface area contributed by atoms with Gasteiger partial charge in [-0.15, -0.1) is 0 Å². The number of amides is 1. The highest BCUT2D eigenvalue weighted by Crippen LogP contribution is 2.46. The molecule has 3 fully saturated rings. The first-order valence-corrected chi connectivity index (χ1v) is 10.2. The molecule has 3 atom stereocenters. The largest absolute Gasteiger partial charge is 0.335 e. The van der Waals surface area contributed by atoms with Crippen LogP contribution in [0.3, 0.4) is 0 Å². The van der Waals surface area contributed by atoms with E-state index in [2.05, 4.69) is 41.0 Å². The molecule has 0 spiro atoms. The molecule has 2 heterocycles. The molecule has 1 saturated carbocycles. The van der Waals surface area contributed by atoms with E-state index in [0.29, 0.717) is 11.8 Å². The van der Waals surface area contributed by atoms with Crippen molar-refractivity contribution in [1.29, 1.82) is 0 Å². The standard InChI is InChI=1S/C22H32N2O/c1-16-8-6-7-11-20(16)22-21-15-23(12-18-9-4-3-5-10-18)13-19(21)14-24(22)17(2)25/h6-8,11,18-19,21-22H,3-5,9-10,12-15H2,1-2H3/t19-,21-,22+/m1/s1. The smallest absolute Gasteiger partial charge is 0.219 e. The molecule has 1 amide bonds. The monoisotopic (exact) mass is 340 g/mol. The van der Waals surface area contributed by atoms with Crippen LogP contribution < -0.4 is 0 Å². The van der Waals surface area contributed by atoms with Gasteiger partial charge in [-0.3, -0.25) is 4.79 Å². The first-order chi connectivity index (χ1) is 12.1. The topological polar surface area (TPSA) is 23.6 Å². The van der Waals surface area contributed by atoms with Gasteiger partial charge in [0.2, 0.25) is 5.91 Å². The summed E-state index contributed by atoms with van der Waals surface area (Å²) in [5.41, 5.74) is 2.69. The van der Waals surface area contributed by atoms with Crippen molar-refractivity contribution in [3.05, 3.63) is 35.4 Å². The number of hydrogen-bond acceptors (Lipinski definition) is 2. The van der Waals surface area contributed by atoms with Crippen molar-refractivity contribution in [2.75, 3.05) is 26.2 Å². The summed E-state index contributed by atoms with van der Waals surface area (Å²) in [6.07, 6.45) is 7.13. The summed E-state index contributed by atoms with van der Waals surface area (Å²) in [5.74, 6) is 2.40. The van der Waals surface area contributed by atoms with E-state index in [4.69, 9.17) is 0 Å². The quantitative estimate of drug-likeness (QED) is 0.829. The summed E-state index contributed by atoms with van der Waals surface area (Å²) in [7, 11) is 0. The maximum Gasteiger partial charge on any atom is 0.219 e. The van der Waals surface area contributed by atoms with Crippen LogP contribution in [0.1, 0.15) is 56.2 Å². The Balaban J connectivity index is 1.51. The number of aryl methyl sites for hydroxylation is 1. The lowest BCUT2D eigenvalue weighted by Gasteiger charge is -2.32. The highest BCUT2D eigenvalue weighted by atomic mass is 16.2. The Morgan fingerprint density at radius 2 is 1.84 bits per heavy atom. The van der Waals surface area contributed by atoms with Crippen molar-refractivity contribution < 1.29 is 4.79 Å². The Morgan fingerprint density at radius 1 is 1.08 bits per heavy atom. The molecular formula is C22H32N2O. The number of nitrogens with zero attached hydrogens (tertiary/aromatic N) is 2. The lowest BCUT2D eigenvalue weighted by molar-refractivity contribution is -0.130. The van der Waals surface area contributed by atoms with Gasteiger partial charge < -0.3 is 9.80 Å². The van der Waals surface area contributed by atoms with Crippen molar-refractivity contribution in [3.63, 3.8) is 0 Å². The molecule has 0 aromatic heterocycles. The number of carbonyl (C=O) groups is 1. The minimum absolute atomic E-state index is 0.237. The zero-order chi connectivity index (χ0) is 17.4. The fourth-order valence-corrected chi connectivity index (χ4v) is 5.66. The Bertz CT molecular complexity index is 622. The van der Waals surface area contributed by atoms with Crippen molar-refractivity contribution in [3.8, 4) is 0 Å². The summed E-state index contributed by atoms with van der Waals surface area (Å²) < 4.78 is 0. The van der Waals surface area contributed by atoms with E-state index in [1.165, 1.54) is 62.9 Å². The fraction of sp³-hybridized carbons (Fsp3) is 0.682. The van der Waals surface area contributed by atoms with E-state index in [-0.39, 0.29) is 11.9 Å². The molecule has 1 aromatic carbocycles. The van der Waals surface area contributed by atoms with Crippen molar-refractivity contribution >= 4 is 5.91 Å². The molecule has 1 aromatic rings. The molecule has 2 aliphatic heterocycles. The van der Waals surface area contributed by atoms with Crippen LogP contribution in [0.15, 0.2) is 24.3 Å². The summed E-state index contributed by atoms with van der Waals surface area (Å²) in [6.45, 7) is 8.52. The molecule has 0 bridgehead atoms. The zero-order valence-corrected chi connectivity index (χ0v) is 15.8. The number of benzene rings is 1. The average Bonchev–Trinajstić information content (AvgIpc) is 3.14. The molecule has 136 valence electrons. The van der Waals surface area contributed by atoms with Crippen LogP contribution in [-0.4, -0.2) is 41.9 Å². The van der Waals surface area contributed by atoms with E-state index in [1.807, 2.05) is 0 Å². The number of likely N-dealkylation sites (tertiary alicyclic amines) is 2. The summed E-state index contributed by atoms with van der Waals surface area (Å²) in [6, 6.07) is 8.94. The first kappa shape index (κ1) is 17.1. The Morgan fingerprint density at radius 3 is 2.56 bits per heavy atom. The third kappa shape index (κ3) is 3.36. The van der Waals surface area contributed by atoms with Gasteiger partial charge in [0, 0.05) is 39.0 Å². The van der Waals surface area contributed by atoms with Crippen molar-refractivity contribution in [1.82, 2.24) is 9.80 Å². The van der Waals surface area contributed by atoms with Crippen LogP contribution in [0.5, 0.6) is 0 Å². The highest BCUT2D eigenvalue weighted by Gasteiger charge is 2.48. The maximum atomic E-state index is 12.3. The van der Waals surface area contributed by atoms with Crippen molar-refractivity contribution in [2.45, 2.75) is 52.0 Å². The van der Waals surface area contributed by atoms with E-state index < -0.39 is 0 Å². The van der Waals surface area contributed by atoms with E-state index in [9.17, 15) is 4.79 Å².